The van der Waals surface area contributed by atoms with Crippen LogP contribution in [0.1, 0.15) is 45.4 Å². The quantitative estimate of drug-likeness (QED) is 0.642. The number of nitrogens with zero attached hydrogens (tertiary/aromatic N) is 1. The minimum absolute atomic E-state index is 0.117. The van der Waals surface area contributed by atoms with E-state index in [-0.39, 0.29) is 5.41 Å². The summed E-state index contributed by atoms with van der Waals surface area (Å²) in [5.74, 6) is 0. The van der Waals surface area contributed by atoms with Crippen molar-refractivity contribution in [3.8, 4) is 0 Å². The van der Waals surface area contributed by atoms with Crippen LogP contribution >= 0.6 is 0 Å². The van der Waals surface area contributed by atoms with E-state index in [0.717, 1.165) is 13.0 Å². The summed E-state index contributed by atoms with van der Waals surface area (Å²) < 4.78 is 13.5. The van der Waals surface area contributed by atoms with Crippen LogP contribution in [0.2, 0.25) is 0 Å². The van der Waals surface area contributed by atoms with Gasteiger partial charge in [-0.1, -0.05) is 6.92 Å². The molecule has 2 saturated carbocycles. The Morgan fingerprint density at radius 3 is 2.60 bits per heavy atom. The second-order valence-electron chi connectivity index (χ2n) is 6.55. The van der Waals surface area contributed by atoms with Gasteiger partial charge in [0.2, 0.25) is 0 Å². The smallest absolute Gasteiger partial charge is 0.108 e. The summed E-state index contributed by atoms with van der Waals surface area (Å²) >= 11 is 0. The highest BCUT2D eigenvalue weighted by atomic mass is 19.1. The van der Waals surface area contributed by atoms with Crippen LogP contribution < -0.4 is 0 Å². The Balaban J connectivity index is 1.73. The van der Waals surface area contributed by atoms with Gasteiger partial charge in [0.1, 0.15) is 6.17 Å². The Kier molecular flexibility index (Phi) is 1.36. The average Bonchev–Trinajstić information content (AvgIpc) is 3.04. The van der Waals surface area contributed by atoms with E-state index in [1.807, 2.05) is 0 Å². The van der Waals surface area contributed by atoms with Gasteiger partial charge >= 0.3 is 0 Å². The number of alkyl halides is 1. The van der Waals surface area contributed by atoms with Gasteiger partial charge in [-0.3, -0.25) is 4.90 Å². The lowest BCUT2D eigenvalue weighted by atomic mass is 9.75. The lowest BCUT2D eigenvalue weighted by Gasteiger charge is -2.37. The molecule has 0 radical (unpaired) electrons. The zero-order valence-electron chi connectivity index (χ0n) is 9.56. The number of halogens is 1. The third-order valence-corrected chi connectivity index (χ3v) is 6.13. The normalized spacial score (nSPS) is 55.2. The molecular formula is C13H20FN. The zero-order valence-corrected chi connectivity index (χ0v) is 9.56. The molecule has 2 spiro atoms. The molecule has 0 amide bonds. The van der Waals surface area contributed by atoms with Crippen molar-refractivity contribution in [1.82, 2.24) is 4.90 Å². The summed E-state index contributed by atoms with van der Waals surface area (Å²) in [5.41, 5.74) is 1.17. The molecule has 2 aliphatic heterocycles. The van der Waals surface area contributed by atoms with Gasteiger partial charge in [0.05, 0.1) is 0 Å². The lowest BCUT2D eigenvalue weighted by Crippen LogP contribution is -2.43. The van der Waals surface area contributed by atoms with E-state index in [1.165, 1.54) is 38.6 Å². The minimum atomic E-state index is -0.470. The van der Waals surface area contributed by atoms with Crippen molar-refractivity contribution in [3.63, 3.8) is 0 Å². The molecule has 0 aromatic heterocycles. The molecule has 0 aromatic carbocycles. The zero-order chi connectivity index (χ0) is 10.3. The van der Waals surface area contributed by atoms with Crippen molar-refractivity contribution < 1.29 is 4.39 Å². The summed E-state index contributed by atoms with van der Waals surface area (Å²) in [5, 5.41) is 0. The van der Waals surface area contributed by atoms with Crippen molar-refractivity contribution in [1.29, 1.82) is 0 Å². The first-order valence-corrected chi connectivity index (χ1v) is 6.56. The fourth-order valence-corrected chi connectivity index (χ4v) is 4.91. The summed E-state index contributed by atoms with van der Waals surface area (Å²) in [7, 11) is 0. The Bertz CT molecular complexity index is 324. The van der Waals surface area contributed by atoms with E-state index < -0.39 is 6.17 Å². The predicted octanol–water partition coefficient (Wildman–Crippen LogP) is 2.75. The highest BCUT2D eigenvalue weighted by Crippen LogP contribution is 2.73. The number of fused-ring (bicyclic) bond motifs is 2. The van der Waals surface area contributed by atoms with Crippen molar-refractivity contribution in [2.75, 3.05) is 13.1 Å². The highest BCUT2D eigenvalue weighted by Gasteiger charge is 2.74. The lowest BCUT2D eigenvalue weighted by molar-refractivity contribution is 0.130. The maximum atomic E-state index is 13.5. The van der Waals surface area contributed by atoms with Gasteiger partial charge in [-0.25, -0.2) is 4.39 Å². The first-order valence-electron chi connectivity index (χ1n) is 6.56. The van der Waals surface area contributed by atoms with Crippen LogP contribution in [0.3, 0.4) is 0 Å². The topological polar surface area (TPSA) is 3.24 Å². The van der Waals surface area contributed by atoms with Gasteiger partial charge < -0.3 is 0 Å². The van der Waals surface area contributed by atoms with Crippen molar-refractivity contribution in [3.05, 3.63) is 0 Å². The molecule has 15 heavy (non-hydrogen) atoms. The van der Waals surface area contributed by atoms with Crippen LogP contribution in [-0.4, -0.2) is 29.7 Å². The Hall–Kier alpha value is -0.110. The minimum Gasteiger partial charge on any atom is -0.296 e. The van der Waals surface area contributed by atoms with Gasteiger partial charge in [0.25, 0.3) is 0 Å². The van der Waals surface area contributed by atoms with E-state index in [2.05, 4.69) is 11.8 Å². The molecule has 0 bridgehead atoms. The molecule has 0 unspecified atom stereocenters. The van der Waals surface area contributed by atoms with Crippen molar-refractivity contribution in [2.24, 2.45) is 10.8 Å². The van der Waals surface area contributed by atoms with Gasteiger partial charge in [-0.15, -0.1) is 0 Å². The maximum absolute atomic E-state index is 13.5. The van der Waals surface area contributed by atoms with E-state index in [0.29, 0.717) is 11.0 Å². The third kappa shape index (κ3) is 0.822. The molecule has 4 rings (SSSR count). The molecule has 84 valence electrons. The molecule has 2 heterocycles. The first-order chi connectivity index (χ1) is 7.16. The highest BCUT2D eigenvalue weighted by molar-refractivity contribution is 5.27. The first kappa shape index (κ1) is 8.98. The summed E-state index contributed by atoms with van der Waals surface area (Å²) in [6.07, 6.45) is 7.06. The van der Waals surface area contributed by atoms with Crippen molar-refractivity contribution >= 4 is 0 Å². The van der Waals surface area contributed by atoms with Gasteiger partial charge in [0, 0.05) is 17.5 Å². The monoisotopic (exact) mass is 209 g/mol. The molecule has 4 aliphatic rings. The van der Waals surface area contributed by atoms with E-state index >= 15 is 0 Å². The van der Waals surface area contributed by atoms with Gasteiger partial charge in [0.15, 0.2) is 0 Å². The maximum Gasteiger partial charge on any atom is 0.108 e. The van der Waals surface area contributed by atoms with Gasteiger partial charge in [-0.05, 0) is 50.5 Å². The second kappa shape index (κ2) is 2.27. The molecule has 0 N–H and O–H groups in total. The number of hydrogen-bond donors (Lipinski definition) is 0. The summed E-state index contributed by atoms with van der Waals surface area (Å²) in [6, 6.07) is 0. The molecule has 2 aliphatic carbocycles. The van der Waals surface area contributed by atoms with Crippen LogP contribution in [-0.2, 0) is 0 Å². The Morgan fingerprint density at radius 2 is 2.07 bits per heavy atom. The fourth-order valence-electron chi connectivity index (χ4n) is 4.91. The standard InChI is InChI=1S/C13H20FN/c1-2-13-8-11(7-10(11)14)9-15(13)6-5-12(13)3-4-12/h10H,2-9H2,1H3/t10-,11+,13-/m1/s1. The van der Waals surface area contributed by atoms with E-state index in [4.69, 9.17) is 0 Å². The predicted molar refractivity (Wildman–Crippen MR) is 57.4 cm³/mol. The number of hydrogen-bond acceptors (Lipinski definition) is 1. The molecule has 2 saturated heterocycles. The third-order valence-electron chi connectivity index (χ3n) is 6.13. The van der Waals surface area contributed by atoms with Crippen LogP contribution in [0.4, 0.5) is 4.39 Å². The van der Waals surface area contributed by atoms with Crippen LogP contribution in [0.25, 0.3) is 0 Å². The van der Waals surface area contributed by atoms with E-state index in [9.17, 15) is 4.39 Å². The van der Waals surface area contributed by atoms with Crippen LogP contribution in [0.15, 0.2) is 0 Å². The SMILES string of the molecule is CC[C@]12C[C@@]3(C[C@H]3F)CN1CCC21CC1. The summed E-state index contributed by atoms with van der Waals surface area (Å²) in [4.78, 5) is 2.67. The van der Waals surface area contributed by atoms with Crippen LogP contribution in [0.5, 0.6) is 0 Å². The molecule has 0 aromatic rings. The largest absolute Gasteiger partial charge is 0.296 e. The molecule has 4 fully saturated rings. The van der Waals surface area contributed by atoms with Crippen molar-refractivity contribution in [2.45, 2.75) is 57.2 Å². The Labute approximate surface area is 91.0 Å². The van der Waals surface area contributed by atoms with Crippen LogP contribution in [0, 0.1) is 10.8 Å². The van der Waals surface area contributed by atoms with Gasteiger partial charge in [-0.2, -0.15) is 0 Å². The second-order valence-corrected chi connectivity index (χ2v) is 6.55. The molecular weight excluding hydrogens is 189 g/mol. The molecule has 1 nitrogen and oxygen atoms in total. The fraction of sp³-hybridized carbons (Fsp3) is 1.00. The molecule has 3 atom stereocenters. The summed E-state index contributed by atoms with van der Waals surface area (Å²) in [6.45, 7) is 4.65. The average molecular weight is 209 g/mol. The van der Waals surface area contributed by atoms with E-state index in [1.54, 1.807) is 0 Å². The molecule has 2 heteroatoms. The number of rotatable bonds is 1. The Morgan fingerprint density at radius 1 is 1.33 bits per heavy atom.